The molecule has 0 radical (unpaired) electrons. The van der Waals surface area contributed by atoms with Crippen LogP contribution in [0.15, 0.2) is 162 Å². The zero-order valence-corrected chi connectivity index (χ0v) is 24.6. The van der Waals surface area contributed by atoms with Crippen molar-refractivity contribution in [3.63, 3.8) is 0 Å². The van der Waals surface area contributed by atoms with Crippen LogP contribution in [0.1, 0.15) is 12.5 Å². The lowest BCUT2D eigenvalue weighted by molar-refractivity contribution is 0.672. The van der Waals surface area contributed by atoms with Crippen LogP contribution in [0.5, 0.6) is 0 Å². The number of hydrogen-bond donors (Lipinski definition) is 0. The Morgan fingerprint density at radius 2 is 1.02 bits per heavy atom. The predicted molar refractivity (Wildman–Crippen MR) is 186 cm³/mol. The Bertz CT molecular complexity index is 2180. The molecule has 0 aliphatic carbocycles. The molecule has 0 saturated carbocycles. The average Bonchev–Trinajstić information content (AvgIpc) is 3.49. The maximum absolute atomic E-state index is 6.59. The van der Waals surface area contributed by atoms with Gasteiger partial charge in [0.05, 0.1) is 5.69 Å². The molecule has 0 N–H and O–H groups in total. The van der Waals surface area contributed by atoms with Gasteiger partial charge in [0.15, 0.2) is 0 Å². The highest BCUT2D eigenvalue weighted by molar-refractivity contribution is 6.20. The molecule has 8 aromatic rings. The number of anilines is 3. The Labute approximate surface area is 257 Å². The second-order valence-electron chi connectivity index (χ2n) is 11.2. The van der Waals surface area contributed by atoms with Crippen LogP contribution >= 0.6 is 0 Å². The van der Waals surface area contributed by atoms with Gasteiger partial charge in [-0.15, -0.1) is 0 Å². The first-order chi connectivity index (χ1) is 21.8. The van der Waals surface area contributed by atoms with Crippen LogP contribution in [-0.2, 0) is 6.42 Å². The monoisotopic (exact) mass is 565 g/mol. The van der Waals surface area contributed by atoms with E-state index in [1.165, 1.54) is 33.2 Å². The first kappa shape index (κ1) is 26.1. The largest absolute Gasteiger partial charge is 0.455 e. The zero-order valence-electron chi connectivity index (χ0n) is 24.6. The van der Waals surface area contributed by atoms with Crippen molar-refractivity contribution in [2.75, 3.05) is 4.90 Å². The smallest absolute Gasteiger partial charge is 0.143 e. The first-order valence-corrected chi connectivity index (χ1v) is 15.3. The minimum atomic E-state index is 0.936. The Balaban J connectivity index is 1.44. The standard InChI is InChI=1S/C42H31NO/c1-2-29-18-13-25-40-41(29)38-28-39(36-23-9-10-24-37(36)42(38)44-40)43(34-21-11-19-32(26-34)30-14-5-3-6-15-30)35-22-12-20-33(27-35)31-16-7-4-8-17-31/h3-28H,2H2,1H3. The fraction of sp³-hybridized carbons (Fsp3) is 0.0476. The summed E-state index contributed by atoms with van der Waals surface area (Å²) in [5.41, 5.74) is 11.3. The summed E-state index contributed by atoms with van der Waals surface area (Å²) in [7, 11) is 0. The van der Waals surface area contributed by atoms with Crippen molar-refractivity contribution in [1.82, 2.24) is 0 Å². The molecule has 0 amide bonds. The van der Waals surface area contributed by atoms with E-state index in [4.69, 9.17) is 4.42 Å². The second-order valence-corrected chi connectivity index (χ2v) is 11.2. The van der Waals surface area contributed by atoms with Crippen molar-refractivity contribution in [1.29, 1.82) is 0 Å². The number of fused-ring (bicyclic) bond motifs is 5. The summed E-state index contributed by atoms with van der Waals surface area (Å²) in [4.78, 5) is 2.41. The molecule has 0 unspecified atom stereocenters. The van der Waals surface area contributed by atoms with E-state index in [1.807, 2.05) is 0 Å². The van der Waals surface area contributed by atoms with Gasteiger partial charge in [-0.25, -0.2) is 0 Å². The maximum atomic E-state index is 6.59. The molecule has 44 heavy (non-hydrogen) atoms. The van der Waals surface area contributed by atoms with E-state index in [0.717, 1.165) is 50.8 Å². The Kier molecular flexibility index (Phi) is 6.46. The average molecular weight is 566 g/mol. The van der Waals surface area contributed by atoms with Crippen molar-refractivity contribution in [2.45, 2.75) is 13.3 Å². The Morgan fingerprint density at radius 3 is 1.64 bits per heavy atom. The summed E-state index contributed by atoms with van der Waals surface area (Å²) < 4.78 is 6.59. The van der Waals surface area contributed by atoms with E-state index in [-0.39, 0.29) is 0 Å². The van der Waals surface area contributed by atoms with Crippen LogP contribution in [0, 0.1) is 0 Å². The third kappa shape index (κ3) is 4.44. The maximum Gasteiger partial charge on any atom is 0.143 e. The fourth-order valence-corrected chi connectivity index (χ4v) is 6.52. The van der Waals surface area contributed by atoms with Gasteiger partial charge in [-0.05, 0) is 70.6 Å². The summed E-state index contributed by atoms with van der Waals surface area (Å²) in [6.07, 6.45) is 0.941. The summed E-state index contributed by atoms with van der Waals surface area (Å²) in [6.45, 7) is 2.21. The number of benzene rings is 7. The van der Waals surface area contributed by atoms with Crippen LogP contribution < -0.4 is 4.90 Å². The van der Waals surface area contributed by atoms with Crippen LogP contribution in [0.25, 0.3) is 55.0 Å². The first-order valence-electron chi connectivity index (χ1n) is 15.3. The molecule has 7 aromatic carbocycles. The van der Waals surface area contributed by atoms with Crippen LogP contribution in [-0.4, -0.2) is 0 Å². The lowest BCUT2D eigenvalue weighted by atomic mass is 9.98. The molecule has 2 nitrogen and oxygen atoms in total. The van der Waals surface area contributed by atoms with Crippen LogP contribution in [0.4, 0.5) is 17.1 Å². The molecular formula is C42H31NO. The van der Waals surface area contributed by atoms with Gasteiger partial charge in [-0.2, -0.15) is 0 Å². The summed E-state index contributed by atoms with van der Waals surface area (Å²) in [5, 5.41) is 4.61. The molecule has 8 rings (SSSR count). The van der Waals surface area contributed by atoms with Gasteiger partial charge in [0.1, 0.15) is 11.2 Å². The van der Waals surface area contributed by atoms with Gasteiger partial charge in [0, 0.05) is 32.9 Å². The van der Waals surface area contributed by atoms with Gasteiger partial charge >= 0.3 is 0 Å². The molecule has 0 aliphatic rings. The van der Waals surface area contributed by atoms with Crippen molar-refractivity contribution in [3.05, 3.63) is 163 Å². The van der Waals surface area contributed by atoms with Gasteiger partial charge in [0.25, 0.3) is 0 Å². The fourth-order valence-electron chi connectivity index (χ4n) is 6.52. The SMILES string of the molecule is CCc1cccc2oc3c4ccccc4c(N(c4cccc(-c5ccccc5)c4)c4cccc(-c5ccccc5)c4)cc3c12. The van der Waals surface area contributed by atoms with Gasteiger partial charge < -0.3 is 9.32 Å². The Hall–Kier alpha value is -5.60. The number of nitrogens with zero attached hydrogens (tertiary/aromatic N) is 1. The van der Waals surface area contributed by atoms with E-state index < -0.39 is 0 Å². The third-order valence-electron chi connectivity index (χ3n) is 8.61. The van der Waals surface area contributed by atoms with Crippen molar-refractivity contribution < 1.29 is 4.42 Å². The number of rotatable bonds is 6. The summed E-state index contributed by atoms with van der Waals surface area (Å²) in [6, 6.07) is 56.3. The molecule has 0 atom stereocenters. The second kappa shape index (κ2) is 10.9. The summed E-state index contributed by atoms with van der Waals surface area (Å²) in [5.74, 6) is 0. The quantitative estimate of drug-likeness (QED) is 0.199. The number of aryl methyl sites for hydroxylation is 1. The van der Waals surface area contributed by atoms with Crippen LogP contribution in [0.2, 0.25) is 0 Å². The molecule has 0 aliphatic heterocycles. The van der Waals surface area contributed by atoms with Crippen molar-refractivity contribution in [2.24, 2.45) is 0 Å². The molecule has 0 saturated heterocycles. The molecule has 0 bridgehead atoms. The van der Waals surface area contributed by atoms with E-state index in [2.05, 4.69) is 170 Å². The van der Waals surface area contributed by atoms with Crippen molar-refractivity contribution in [3.8, 4) is 22.3 Å². The highest BCUT2D eigenvalue weighted by Gasteiger charge is 2.21. The van der Waals surface area contributed by atoms with Gasteiger partial charge in [-0.1, -0.05) is 128 Å². The number of hydrogen-bond acceptors (Lipinski definition) is 2. The van der Waals surface area contributed by atoms with E-state index >= 15 is 0 Å². The van der Waals surface area contributed by atoms with E-state index in [9.17, 15) is 0 Å². The predicted octanol–water partition coefficient (Wildman–Crippen LogP) is 12.1. The highest BCUT2D eigenvalue weighted by atomic mass is 16.3. The van der Waals surface area contributed by atoms with Gasteiger partial charge in [0.2, 0.25) is 0 Å². The molecule has 2 heteroatoms. The number of furan rings is 1. The van der Waals surface area contributed by atoms with Crippen LogP contribution in [0.3, 0.4) is 0 Å². The molecule has 1 heterocycles. The molecule has 0 spiro atoms. The topological polar surface area (TPSA) is 16.4 Å². The molecular weight excluding hydrogens is 534 g/mol. The molecule has 1 aromatic heterocycles. The minimum absolute atomic E-state index is 0.936. The molecule has 210 valence electrons. The lowest BCUT2D eigenvalue weighted by Crippen LogP contribution is -2.11. The third-order valence-corrected chi connectivity index (χ3v) is 8.61. The van der Waals surface area contributed by atoms with Gasteiger partial charge in [-0.3, -0.25) is 0 Å². The van der Waals surface area contributed by atoms with Crippen molar-refractivity contribution >= 4 is 49.8 Å². The minimum Gasteiger partial charge on any atom is -0.455 e. The normalized spacial score (nSPS) is 11.4. The van der Waals surface area contributed by atoms with E-state index in [0.29, 0.717) is 0 Å². The summed E-state index contributed by atoms with van der Waals surface area (Å²) >= 11 is 0. The molecule has 0 fully saturated rings. The highest BCUT2D eigenvalue weighted by Crippen LogP contribution is 2.46. The van der Waals surface area contributed by atoms with E-state index in [1.54, 1.807) is 0 Å². The Morgan fingerprint density at radius 1 is 0.477 bits per heavy atom. The lowest BCUT2D eigenvalue weighted by Gasteiger charge is -2.28. The zero-order chi connectivity index (χ0) is 29.5.